The molecule has 156 valence electrons. The topological polar surface area (TPSA) is 64.3 Å². The Morgan fingerprint density at radius 2 is 1.97 bits per heavy atom. The number of carbonyl (C=O) groups excluding carboxylic acids is 1. The van der Waals surface area contributed by atoms with Crippen LogP contribution in [0.1, 0.15) is 36.9 Å². The lowest BCUT2D eigenvalue weighted by atomic mass is 9.93. The van der Waals surface area contributed by atoms with E-state index < -0.39 is 0 Å². The Morgan fingerprint density at radius 3 is 2.72 bits per heavy atom. The van der Waals surface area contributed by atoms with Crippen LogP contribution in [0.5, 0.6) is 0 Å². The van der Waals surface area contributed by atoms with Crippen LogP contribution in [0.3, 0.4) is 0 Å². The quantitative estimate of drug-likeness (QED) is 0.756. The molecule has 0 saturated carbocycles. The van der Waals surface area contributed by atoms with Gasteiger partial charge in [-0.15, -0.1) is 0 Å². The molecule has 3 heterocycles. The zero-order valence-electron chi connectivity index (χ0n) is 17.2. The average Bonchev–Trinajstić information content (AvgIpc) is 3.29. The summed E-state index contributed by atoms with van der Waals surface area (Å²) in [6.07, 6.45) is 8.87. The van der Waals surface area contributed by atoms with Crippen molar-refractivity contribution in [2.75, 3.05) is 32.7 Å². The van der Waals surface area contributed by atoms with Gasteiger partial charge in [0.15, 0.2) is 0 Å². The van der Waals surface area contributed by atoms with Crippen molar-refractivity contribution in [2.45, 2.75) is 44.7 Å². The minimum absolute atomic E-state index is 0.132. The molecular weight excluding hydrogens is 362 g/mol. The number of piperidine rings is 2. The Kier molecular flexibility index (Phi) is 6.96. The molecule has 2 aliphatic rings. The van der Waals surface area contributed by atoms with Crippen molar-refractivity contribution in [2.24, 2.45) is 5.92 Å². The Bertz CT molecular complexity index is 740. The number of carbonyl (C=O) groups is 1. The molecule has 1 unspecified atom stereocenters. The molecule has 6 heteroatoms. The molecule has 29 heavy (non-hydrogen) atoms. The highest BCUT2D eigenvalue weighted by Gasteiger charge is 2.31. The number of imidazole rings is 1. The highest BCUT2D eigenvalue weighted by atomic mass is 16.1. The molecule has 1 aromatic carbocycles. The second-order valence-electron chi connectivity index (χ2n) is 8.44. The average molecular weight is 396 g/mol. The summed E-state index contributed by atoms with van der Waals surface area (Å²) in [4.78, 5) is 24.9. The van der Waals surface area contributed by atoms with Gasteiger partial charge in [-0.25, -0.2) is 4.98 Å². The molecule has 2 aliphatic heterocycles. The number of aromatic nitrogens is 2. The maximum absolute atomic E-state index is 12.6. The van der Waals surface area contributed by atoms with Gasteiger partial charge in [0.1, 0.15) is 0 Å². The fraction of sp³-hybridized carbons (Fsp3) is 0.565. The summed E-state index contributed by atoms with van der Waals surface area (Å²) in [5, 5.41) is 3.13. The van der Waals surface area contributed by atoms with Crippen LogP contribution in [0.15, 0.2) is 42.9 Å². The first kappa shape index (κ1) is 20.1. The molecule has 2 N–H and O–H groups in total. The van der Waals surface area contributed by atoms with Crippen LogP contribution < -0.4 is 5.32 Å². The molecule has 0 aliphatic carbocycles. The van der Waals surface area contributed by atoms with Gasteiger partial charge in [0.25, 0.3) is 0 Å². The molecule has 6 nitrogen and oxygen atoms in total. The molecule has 0 spiro atoms. The highest BCUT2D eigenvalue weighted by molar-refractivity contribution is 5.78. The molecule has 0 radical (unpaired) electrons. The van der Waals surface area contributed by atoms with Crippen molar-refractivity contribution in [3.63, 3.8) is 0 Å². The number of hydrogen-bond donors (Lipinski definition) is 2. The van der Waals surface area contributed by atoms with Gasteiger partial charge in [0.2, 0.25) is 5.91 Å². The monoisotopic (exact) mass is 395 g/mol. The maximum atomic E-state index is 12.6. The number of H-pyrrole nitrogens is 1. The third-order valence-electron chi connectivity index (χ3n) is 6.39. The van der Waals surface area contributed by atoms with Crippen molar-refractivity contribution >= 4 is 5.91 Å². The number of hydrogen-bond acceptors (Lipinski definition) is 4. The largest absolute Gasteiger partial charge is 0.355 e. The summed E-state index contributed by atoms with van der Waals surface area (Å²) < 4.78 is 0. The standard InChI is InChI=1S/C23H33N5O/c29-23(25-11-8-21-15-24-18-26-21)20-7-4-12-28(17-20)22-9-13-27(14-10-22)16-19-5-2-1-3-6-19/h1-3,5-6,15,18,20,22H,4,7-14,16-17H2,(H,24,26)(H,25,29). The molecule has 1 atom stereocenters. The van der Waals surface area contributed by atoms with Crippen molar-refractivity contribution in [3.05, 3.63) is 54.1 Å². The van der Waals surface area contributed by atoms with Crippen LogP contribution in [-0.4, -0.2) is 64.4 Å². The van der Waals surface area contributed by atoms with Crippen molar-refractivity contribution in [3.8, 4) is 0 Å². The Hall–Kier alpha value is -2.18. The normalized spacial score (nSPS) is 21.9. The fourth-order valence-electron chi connectivity index (χ4n) is 4.72. The first-order valence-electron chi connectivity index (χ1n) is 11.0. The molecular formula is C23H33N5O. The first-order valence-corrected chi connectivity index (χ1v) is 11.0. The van der Waals surface area contributed by atoms with Gasteiger partial charge in [-0.3, -0.25) is 14.6 Å². The van der Waals surface area contributed by atoms with E-state index in [2.05, 4.69) is 55.4 Å². The molecule has 4 rings (SSSR count). The van der Waals surface area contributed by atoms with Gasteiger partial charge in [0, 0.05) is 44.0 Å². The minimum atomic E-state index is 0.132. The number of likely N-dealkylation sites (tertiary alicyclic amines) is 2. The van der Waals surface area contributed by atoms with Crippen LogP contribution in [-0.2, 0) is 17.8 Å². The lowest BCUT2D eigenvalue weighted by Gasteiger charge is -2.42. The van der Waals surface area contributed by atoms with Gasteiger partial charge in [-0.2, -0.15) is 0 Å². The third-order valence-corrected chi connectivity index (χ3v) is 6.39. The second-order valence-corrected chi connectivity index (χ2v) is 8.44. The zero-order chi connectivity index (χ0) is 19.9. The van der Waals surface area contributed by atoms with Gasteiger partial charge in [-0.1, -0.05) is 30.3 Å². The van der Waals surface area contributed by atoms with E-state index in [0.717, 1.165) is 57.7 Å². The van der Waals surface area contributed by atoms with Gasteiger partial charge >= 0.3 is 0 Å². The molecule has 1 amide bonds. The fourth-order valence-corrected chi connectivity index (χ4v) is 4.72. The van der Waals surface area contributed by atoms with E-state index in [1.807, 2.05) is 6.20 Å². The van der Waals surface area contributed by atoms with Gasteiger partial charge in [0.05, 0.1) is 12.2 Å². The lowest BCUT2D eigenvalue weighted by Crippen LogP contribution is -2.50. The van der Waals surface area contributed by atoms with Crippen molar-refractivity contribution < 1.29 is 4.79 Å². The number of amides is 1. The second kappa shape index (κ2) is 10.0. The van der Waals surface area contributed by atoms with E-state index in [1.165, 1.54) is 18.4 Å². The number of benzene rings is 1. The number of nitrogens with zero attached hydrogens (tertiary/aromatic N) is 3. The minimum Gasteiger partial charge on any atom is -0.355 e. The van der Waals surface area contributed by atoms with E-state index in [0.29, 0.717) is 12.6 Å². The Labute approximate surface area is 173 Å². The molecule has 2 saturated heterocycles. The number of aromatic amines is 1. The molecule has 0 bridgehead atoms. The number of rotatable bonds is 7. The molecule has 2 fully saturated rings. The Balaban J connectivity index is 1.20. The highest BCUT2D eigenvalue weighted by Crippen LogP contribution is 2.24. The van der Waals surface area contributed by atoms with Crippen molar-refractivity contribution in [1.82, 2.24) is 25.1 Å². The summed E-state index contributed by atoms with van der Waals surface area (Å²) in [6.45, 7) is 6.08. The molecule has 2 aromatic rings. The van der Waals surface area contributed by atoms with Gasteiger partial charge in [-0.05, 0) is 50.9 Å². The summed E-state index contributed by atoms with van der Waals surface area (Å²) in [5.41, 5.74) is 2.47. The first-order chi connectivity index (χ1) is 14.3. The van der Waals surface area contributed by atoms with E-state index in [9.17, 15) is 4.79 Å². The van der Waals surface area contributed by atoms with E-state index >= 15 is 0 Å². The van der Waals surface area contributed by atoms with Crippen LogP contribution in [0.2, 0.25) is 0 Å². The number of nitrogens with one attached hydrogen (secondary N) is 2. The van der Waals surface area contributed by atoms with Crippen LogP contribution in [0.25, 0.3) is 0 Å². The third kappa shape index (κ3) is 5.67. The Morgan fingerprint density at radius 1 is 1.14 bits per heavy atom. The van der Waals surface area contributed by atoms with E-state index in [4.69, 9.17) is 0 Å². The maximum Gasteiger partial charge on any atom is 0.224 e. The van der Waals surface area contributed by atoms with Crippen LogP contribution >= 0.6 is 0 Å². The molecule has 1 aromatic heterocycles. The lowest BCUT2D eigenvalue weighted by molar-refractivity contribution is -0.127. The smallest absolute Gasteiger partial charge is 0.224 e. The predicted octanol–water partition coefficient (Wildman–Crippen LogP) is 2.44. The summed E-state index contributed by atoms with van der Waals surface area (Å²) in [6, 6.07) is 11.4. The van der Waals surface area contributed by atoms with Crippen molar-refractivity contribution in [1.29, 1.82) is 0 Å². The zero-order valence-corrected chi connectivity index (χ0v) is 17.2. The van der Waals surface area contributed by atoms with Crippen LogP contribution in [0, 0.1) is 5.92 Å². The SMILES string of the molecule is O=C(NCCc1cnc[nH]1)C1CCCN(C2CCN(Cc3ccccc3)CC2)C1. The summed E-state index contributed by atoms with van der Waals surface area (Å²) in [5.74, 6) is 0.351. The summed E-state index contributed by atoms with van der Waals surface area (Å²) >= 11 is 0. The predicted molar refractivity (Wildman–Crippen MR) is 114 cm³/mol. The van der Waals surface area contributed by atoms with Crippen LogP contribution in [0.4, 0.5) is 0 Å². The summed E-state index contributed by atoms with van der Waals surface area (Å²) in [7, 11) is 0. The van der Waals surface area contributed by atoms with Gasteiger partial charge < -0.3 is 10.3 Å². The van der Waals surface area contributed by atoms with E-state index in [1.54, 1.807) is 6.33 Å². The van der Waals surface area contributed by atoms with E-state index in [-0.39, 0.29) is 11.8 Å².